The van der Waals surface area contributed by atoms with Gasteiger partial charge in [-0.15, -0.1) is 0 Å². The summed E-state index contributed by atoms with van der Waals surface area (Å²) in [6, 6.07) is 5.99. The zero-order valence-electron chi connectivity index (χ0n) is 17.1. The van der Waals surface area contributed by atoms with E-state index >= 15 is 0 Å². The van der Waals surface area contributed by atoms with Gasteiger partial charge >= 0.3 is 0 Å². The highest BCUT2D eigenvalue weighted by Gasteiger charge is 2.32. The maximum Gasteiger partial charge on any atom is 0.239 e. The number of rotatable bonds is 4. The molecule has 28 heavy (non-hydrogen) atoms. The summed E-state index contributed by atoms with van der Waals surface area (Å²) in [6.07, 6.45) is 4.36. The Morgan fingerprint density at radius 1 is 1.18 bits per heavy atom. The van der Waals surface area contributed by atoms with Crippen molar-refractivity contribution in [2.24, 2.45) is 0 Å². The molecule has 7 nitrogen and oxygen atoms in total. The van der Waals surface area contributed by atoms with Gasteiger partial charge in [0.05, 0.1) is 23.9 Å². The predicted octanol–water partition coefficient (Wildman–Crippen LogP) is 1.48. The molecule has 2 aromatic heterocycles. The second-order valence-electron chi connectivity index (χ2n) is 8.19. The van der Waals surface area contributed by atoms with Crippen molar-refractivity contribution in [1.82, 2.24) is 24.1 Å². The summed E-state index contributed by atoms with van der Waals surface area (Å²) in [7, 11) is 0. The Morgan fingerprint density at radius 2 is 1.89 bits per heavy atom. The van der Waals surface area contributed by atoms with Crippen molar-refractivity contribution in [3.63, 3.8) is 0 Å². The van der Waals surface area contributed by atoms with Gasteiger partial charge in [-0.1, -0.05) is 6.07 Å². The Labute approximate surface area is 166 Å². The Balaban J connectivity index is 1.30. The molecule has 0 aromatic carbocycles. The highest BCUT2D eigenvalue weighted by molar-refractivity contribution is 5.81. The van der Waals surface area contributed by atoms with E-state index in [1.54, 1.807) is 0 Å². The van der Waals surface area contributed by atoms with E-state index < -0.39 is 0 Å². The van der Waals surface area contributed by atoms with Gasteiger partial charge in [-0.3, -0.25) is 14.6 Å². The van der Waals surface area contributed by atoms with Crippen LogP contribution in [0.1, 0.15) is 26.5 Å². The number of piperazine rings is 1. The summed E-state index contributed by atoms with van der Waals surface area (Å²) in [4.78, 5) is 24.4. The summed E-state index contributed by atoms with van der Waals surface area (Å²) in [5.74, 6) is 0.232. The van der Waals surface area contributed by atoms with E-state index in [0.717, 1.165) is 44.1 Å². The molecule has 0 bridgehead atoms. The van der Waals surface area contributed by atoms with Crippen LogP contribution in [-0.4, -0.2) is 87.5 Å². The third-order valence-electron chi connectivity index (χ3n) is 5.84. The first-order chi connectivity index (χ1) is 13.5. The number of aromatic nitrogens is 2. The summed E-state index contributed by atoms with van der Waals surface area (Å²) in [5.41, 5.74) is 2.09. The number of carbonyl (C=O) groups is 1. The molecule has 0 aliphatic carbocycles. The van der Waals surface area contributed by atoms with Gasteiger partial charge in [-0.2, -0.15) is 0 Å². The van der Waals surface area contributed by atoms with E-state index in [-0.39, 0.29) is 24.2 Å². The van der Waals surface area contributed by atoms with E-state index in [1.165, 1.54) is 0 Å². The summed E-state index contributed by atoms with van der Waals surface area (Å²) >= 11 is 0. The number of nitrogens with zero attached hydrogens (tertiary/aromatic N) is 5. The van der Waals surface area contributed by atoms with E-state index in [9.17, 15) is 4.79 Å². The van der Waals surface area contributed by atoms with Gasteiger partial charge in [-0.25, -0.2) is 4.98 Å². The minimum atomic E-state index is -0.0742. The second kappa shape index (κ2) is 8.19. The predicted molar refractivity (Wildman–Crippen MR) is 108 cm³/mol. The smallest absolute Gasteiger partial charge is 0.239 e. The molecule has 4 rings (SSSR count). The van der Waals surface area contributed by atoms with Crippen LogP contribution in [0.5, 0.6) is 0 Å². The Morgan fingerprint density at radius 3 is 2.57 bits per heavy atom. The summed E-state index contributed by atoms with van der Waals surface area (Å²) < 4.78 is 7.83. The Bertz CT molecular complexity index is 771. The van der Waals surface area contributed by atoms with Crippen molar-refractivity contribution < 1.29 is 9.53 Å². The highest BCUT2D eigenvalue weighted by Crippen LogP contribution is 2.16. The van der Waals surface area contributed by atoms with Crippen molar-refractivity contribution in [1.29, 1.82) is 0 Å². The lowest BCUT2D eigenvalue weighted by Gasteiger charge is -2.41. The third kappa shape index (κ3) is 4.21. The van der Waals surface area contributed by atoms with E-state index in [0.29, 0.717) is 13.1 Å². The molecular formula is C21H31N5O2. The quantitative estimate of drug-likeness (QED) is 0.798. The molecule has 0 unspecified atom stereocenters. The van der Waals surface area contributed by atoms with Gasteiger partial charge in [0.25, 0.3) is 0 Å². The maximum absolute atomic E-state index is 13.0. The Kier molecular flexibility index (Phi) is 5.66. The number of carbonyl (C=O) groups excluding carboxylic acids is 1. The number of pyridine rings is 1. The topological polar surface area (TPSA) is 53.3 Å². The molecule has 3 atom stereocenters. The molecule has 152 valence electrons. The molecule has 0 radical (unpaired) electrons. The van der Waals surface area contributed by atoms with Crippen LogP contribution in [0.25, 0.3) is 5.65 Å². The molecule has 2 aliphatic rings. The van der Waals surface area contributed by atoms with Crippen LogP contribution in [0.15, 0.2) is 30.6 Å². The van der Waals surface area contributed by atoms with Crippen LogP contribution >= 0.6 is 0 Å². The minimum Gasteiger partial charge on any atom is -0.372 e. The van der Waals surface area contributed by atoms with E-state index in [1.807, 2.05) is 50.1 Å². The number of ether oxygens (including phenoxy) is 1. The van der Waals surface area contributed by atoms with Gasteiger partial charge in [0, 0.05) is 58.2 Å². The molecular weight excluding hydrogens is 354 g/mol. The molecule has 4 heterocycles. The van der Waals surface area contributed by atoms with Crippen LogP contribution in [0.2, 0.25) is 0 Å². The normalized spacial score (nSPS) is 25.9. The third-order valence-corrected chi connectivity index (χ3v) is 5.84. The number of morpholine rings is 1. The monoisotopic (exact) mass is 385 g/mol. The van der Waals surface area contributed by atoms with Crippen molar-refractivity contribution in [2.45, 2.75) is 45.6 Å². The molecule has 7 heteroatoms. The lowest BCUT2D eigenvalue weighted by Crippen LogP contribution is -2.57. The number of fused-ring (bicyclic) bond motifs is 1. The molecule has 1 amide bonds. The zero-order valence-corrected chi connectivity index (χ0v) is 17.1. The first-order valence-electron chi connectivity index (χ1n) is 10.3. The first-order valence-corrected chi connectivity index (χ1v) is 10.3. The zero-order chi connectivity index (χ0) is 19.7. The number of imidazole rings is 1. The average Bonchev–Trinajstić information content (AvgIpc) is 3.09. The number of amides is 1. The molecule has 2 aliphatic heterocycles. The van der Waals surface area contributed by atoms with Gasteiger partial charge < -0.3 is 14.0 Å². The van der Waals surface area contributed by atoms with Crippen LogP contribution in [0.3, 0.4) is 0 Å². The van der Waals surface area contributed by atoms with E-state index in [4.69, 9.17) is 9.72 Å². The van der Waals surface area contributed by atoms with Gasteiger partial charge in [0.2, 0.25) is 5.91 Å². The van der Waals surface area contributed by atoms with Gasteiger partial charge in [0.1, 0.15) is 5.65 Å². The van der Waals surface area contributed by atoms with Crippen LogP contribution in [-0.2, 0) is 16.1 Å². The van der Waals surface area contributed by atoms with Crippen molar-refractivity contribution in [3.05, 3.63) is 36.3 Å². The SMILES string of the molecule is C[C@@H]1CN(C(=O)[C@@H](C)N2CCN(Cc3cn4ccccc4n3)CC2)C[C@H](C)O1. The van der Waals surface area contributed by atoms with Gasteiger partial charge in [-0.05, 0) is 32.9 Å². The lowest BCUT2D eigenvalue weighted by molar-refractivity contribution is -0.148. The first kappa shape index (κ1) is 19.4. The number of hydrogen-bond acceptors (Lipinski definition) is 5. The molecule has 2 aromatic rings. The Hall–Kier alpha value is -1.96. The van der Waals surface area contributed by atoms with Crippen LogP contribution < -0.4 is 0 Å². The fourth-order valence-corrected chi connectivity index (χ4v) is 4.38. The lowest BCUT2D eigenvalue weighted by atomic mass is 10.1. The van der Waals surface area contributed by atoms with Crippen molar-refractivity contribution >= 4 is 11.6 Å². The fourth-order valence-electron chi connectivity index (χ4n) is 4.38. The largest absolute Gasteiger partial charge is 0.372 e. The van der Waals surface area contributed by atoms with Crippen LogP contribution in [0.4, 0.5) is 0 Å². The molecule has 2 saturated heterocycles. The summed E-state index contributed by atoms with van der Waals surface area (Å²) in [5, 5.41) is 0. The molecule has 0 spiro atoms. The second-order valence-corrected chi connectivity index (χ2v) is 8.19. The van der Waals surface area contributed by atoms with Crippen molar-refractivity contribution in [3.8, 4) is 0 Å². The number of hydrogen-bond donors (Lipinski definition) is 0. The van der Waals surface area contributed by atoms with Crippen molar-refractivity contribution in [2.75, 3.05) is 39.3 Å². The van der Waals surface area contributed by atoms with Gasteiger partial charge in [0.15, 0.2) is 0 Å². The maximum atomic E-state index is 13.0. The molecule has 2 fully saturated rings. The molecule has 0 N–H and O–H groups in total. The fraction of sp³-hybridized carbons (Fsp3) is 0.619. The standard InChI is InChI=1S/C21H31N5O2/c1-16-12-26(13-17(2)28-16)21(27)18(3)24-10-8-23(9-11-24)14-19-15-25-7-5-4-6-20(25)22-19/h4-7,15-18H,8-14H2,1-3H3/t16-,17+,18-/m1/s1. The average molecular weight is 386 g/mol. The molecule has 0 saturated carbocycles. The van der Waals surface area contributed by atoms with Crippen LogP contribution in [0, 0.1) is 0 Å². The highest BCUT2D eigenvalue weighted by atomic mass is 16.5. The summed E-state index contributed by atoms with van der Waals surface area (Å²) in [6.45, 7) is 12.1. The van der Waals surface area contributed by atoms with E-state index in [2.05, 4.69) is 20.4 Å². The minimum absolute atomic E-state index is 0.0742.